The Morgan fingerprint density at radius 2 is 1.74 bits per heavy atom. The maximum atomic E-state index is 12.3. The molecule has 0 heterocycles. The molecule has 0 aliphatic carbocycles. The quantitative estimate of drug-likeness (QED) is 0.703. The Balaban J connectivity index is 1.65. The summed E-state index contributed by atoms with van der Waals surface area (Å²) in [5.41, 5.74) is 1.59. The maximum absolute atomic E-state index is 12.3. The highest BCUT2D eigenvalue weighted by molar-refractivity contribution is 5.96. The smallest absolute Gasteiger partial charge is 0.311 e. The van der Waals surface area contributed by atoms with Gasteiger partial charge in [-0.15, -0.1) is 0 Å². The number of carbonyl (C=O) groups is 2. The number of para-hydroxylation sites is 1. The molecule has 0 saturated carbocycles. The van der Waals surface area contributed by atoms with Crippen LogP contribution in [0.25, 0.3) is 10.8 Å². The number of carbonyl (C=O) groups excluding carboxylic acids is 2. The van der Waals surface area contributed by atoms with Crippen LogP contribution in [-0.2, 0) is 20.7 Å². The SMILES string of the molecule is CC(OC(=O)Cc1cccc2ccccc12)C(=O)Nc1ccccc1C#N. The van der Waals surface area contributed by atoms with Crippen molar-refractivity contribution in [2.45, 2.75) is 19.4 Å². The minimum Gasteiger partial charge on any atom is -0.452 e. The molecule has 3 rings (SSSR count). The van der Waals surface area contributed by atoms with E-state index in [1.54, 1.807) is 24.3 Å². The zero-order valence-electron chi connectivity index (χ0n) is 14.8. The van der Waals surface area contributed by atoms with Gasteiger partial charge in [-0.05, 0) is 35.4 Å². The van der Waals surface area contributed by atoms with E-state index in [0.29, 0.717) is 11.3 Å². The minimum atomic E-state index is -0.973. The summed E-state index contributed by atoms with van der Waals surface area (Å²) in [4.78, 5) is 24.6. The van der Waals surface area contributed by atoms with Gasteiger partial charge in [-0.25, -0.2) is 0 Å². The molecule has 0 aliphatic heterocycles. The Hall–Kier alpha value is -3.65. The first-order chi connectivity index (χ1) is 13.1. The molecule has 1 amide bonds. The van der Waals surface area contributed by atoms with Crippen molar-refractivity contribution >= 4 is 28.3 Å². The van der Waals surface area contributed by atoms with Crippen LogP contribution in [0.4, 0.5) is 5.69 Å². The lowest BCUT2D eigenvalue weighted by molar-refractivity contribution is -0.152. The Labute approximate surface area is 157 Å². The number of hydrogen-bond donors (Lipinski definition) is 1. The third kappa shape index (κ3) is 4.31. The first kappa shape index (κ1) is 18.2. The third-order valence-corrected chi connectivity index (χ3v) is 4.20. The summed E-state index contributed by atoms with van der Waals surface area (Å²) < 4.78 is 5.28. The monoisotopic (exact) mass is 358 g/mol. The number of nitriles is 1. The second-order valence-corrected chi connectivity index (χ2v) is 6.09. The summed E-state index contributed by atoms with van der Waals surface area (Å²) in [6.45, 7) is 1.51. The van der Waals surface area contributed by atoms with Crippen LogP contribution in [0, 0.1) is 11.3 Å². The van der Waals surface area contributed by atoms with Gasteiger partial charge in [0, 0.05) is 0 Å². The lowest BCUT2D eigenvalue weighted by atomic mass is 10.0. The van der Waals surface area contributed by atoms with Gasteiger partial charge in [0.2, 0.25) is 0 Å². The summed E-state index contributed by atoms with van der Waals surface area (Å²) in [5, 5.41) is 13.7. The molecule has 1 unspecified atom stereocenters. The van der Waals surface area contributed by atoms with Gasteiger partial charge in [0.1, 0.15) is 6.07 Å². The number of amides is 1. The average molecular weight is 358 g/mol. The topological polar surface area (TPSA) is 79.2 Å². The van der Waals surface area contributed by atoms with Crippen molar-refractivity contribution in [2.75, 3.05) is 5.32 Å². The van der Waals surface area contributed by atoms with Gasteiger partial charge in [0.25, 0.3) is 5.91 Å². The number of nitrogens with zero attached hydrogens (tertiary/aromatic N) is 1. The maximum Gasteiger partial charge on any atom is 0.311 e. The zero-order valence-corrected chi connectivity index (χ0v) is 14.8. The van der Waals surface area contributed by atoms with E-state index < -0.39 is 18.0 Å². The Kier molecular flexibility index (Phi) is 5.48. The first-order valence-corrected chi connectivity index (χ1v) is 8.54. The highest BCUT2D eigenvalue weighted by Crippen LogP contribution is 2.19. The van der Waals surface area contributed by atoms with Gasteiger partial charge in [-0.2, -0.15) is 5.26 Å². The van der Waals surface area contributed by atoms with Gasteiger partial charge in [0.05, 0.1) is 17.7 Å². The molecule has 0 bridgehead atoms. The fourth-order valence-corrected chi connectivity index (χ4v) is 2.82. The summed E-state index contributed by atoms with van der Waals surface area (Å²) in [7, 11) is 0. The van der Waals surface area contributed by atoms with E-state index in [1.165, 1.54) is 6.92 Å². The number of fused-ring (bicyclic) bond motifs is 1. The highest BCUT2D eigenvalue weighted by Gasteiger charge is 2.19. The lowest BCUT2D eigenvalue weighted by Crippen LogP contribution is -2.30. The molecule has 1 atom stereocenters. The second-order valence-electron chi connectivity index (χ2n) is 6.09. The van der Waals surface area contributed by atoms with Gasteiger partial charge in [-0.1, -0.05) is 54.6 Å². The molecular weight excluding hydrogens is 340 g/mol. The fourth-order valence-electron chi connectivity index (χ4n) is 2.82. The van der Waals surface area contributed by atoms with Crippen molar-refractivity contribution in [1.29, 1.82) is 5.26 Å². The summed E-state index contributed by atoms with van der Waals surface area (Å²) >= 11 is 0. The normalized spacial score (nSPS) is 11.4. The van der Waals surface area contributed by atoms with Crippen molar-refractivity contribution in [3.63, 3.8) is 0 Å². The number of anilines is 1. The standard InChI is InChI=1S/C22H18N2O3/c1-15(22(26)24-20-12-5-3-8-18(20)14-23)27-21(25)13-17-10-6-9-16-7-2-4-11-19(16)17/h2-12,15H,13H2,1H3,(H,24,26). The number of nitrogens with one attached hydrogen (secondary N) is 1. The largest absolute Gasteiger partial charge is 0.452 e. The van der Waals surface area contributed by atoms with E-state index in [1.807, 2.05) is 48.5 Å². The Morgan fingerprint density at radius 1 is 1.04 bits per heavy atom. The van der Waals surface area contributed by atoms with Crippen LogP contribution in [0.2, 0.25) is 0 Å². The van der Waals surface area contributed by atoms with Gasteiger partial charge in [-0.3, -0.25) is 9.59 Å². The second kappa shape index (κ2) is 8.15. The molecule has 1 N–H and O–H groups in total. The van der Waals surface area contributed by atoms with Crippen LogP contribution in [0.15, 0.2) is 66.7 Å². The minimum absolute atomic E-state index is 0.0771. The number of rotatable bonds is 5. The van der Waals surface area contributed by atoms with E-state index in [2.05, 4.69) is 5.32 Å². The van der Waals surface area contributed by atoms with Crippen LogP contribution in [0.1, 0.15) is 18.1 Å². The molecular formula is C22H18N2O3. The molecule has 3 aromatic carbocycles. The number of esters is 1. The summed E-state index contributed by atoms with van der Waals surface area (Å²) in [5.74, 6) is -0.966. The highest BCUT2D eigenvalue weighted by atomic mass is 16.5. The zero-order chi connectivity index (χ0) is 19.2. The Bertz CT molecular complexity index is 1030. The molecule has 0 radical (unpaired) electrons. The molecule has 0 aromatic heterocycles. The molecule has 0 fully saturated rings. The van der Waals surface area contributed by atoms with Crippen molar-refractivity contribution in [3.05, 3.63) is 77.9 Å². The third-order valence-electron chi connectivity index (χ3n) is 4.20. The van der Waals surface area contributed by atoms with E-state index in [4.69, 9.17) is 10.00 Å². The van der Waals surface area contributed by atoms with Crippen molar-refractivity contribution < 1.29 is 14.3 Å². The fraction of sp³-hybridized carbons (Fsp3) is 0.136. The van der Waals surface area contributed by atoms with Crippen molar-refractivity contribution in [2.24, 2.45) is 0 Å². The van der Waals surface area contributed by atoms with Crippen LogP contribution in [-0.4, -0.2) is 18.0 Å². The Morgan fingerprint density at radius 3 is 2.56 bits per heavy atom. The number of ether oxygens (including phenoxy) is 1. The number of hydrogen-bond acceptors (Lipinski definition) is 4. The first-order valence-electron chi connectivity index (χ1n) is 8.54. The van der Waals surface area contributed by atoms with Crippen LogP contribution in [0.5, 0.6) is 0 Å². The molecule has 3 aromatic rings. The molecule has 5 nitrogen and oxygen atoms in total. The predicted molar refractivity (Wildman–Crippen MR) is 103 cm³/mol. The molecule has 5 heteroatoms. The van der Waals surface area contributed by atoms with Crippen LogP contribution in [0.3, 0.4) is 0 Å². The van der Waals surface area contributed by atoms with E-state index in [9.17, 15) is 9.59 Å². The molecule has 0 aliphatic rings. The van der Waals surface area contributed by atoms with Gasteiger partial charge < -0.3 is 10.1 Å². The van der Waals surface area contributed by atoms with Crippen molar-refractivity contribution in [1.82, 2.24) is 0 Å². The number of benzene rings is 3. The molecule has 27 heavy (non-hydrogen) atoms. The molecule has 134 valence electrons. The lowest BCUT2D eigenvalue weighted by Gasteiger charge is -2.14. The van der Waals surface area contributed by atoms with Crippen molar-refractivity contribution in [3.8, 4) is 6.07 Å². The molecule has 0 spiro atoms. The van der Waals surface area contributed by atoms with Crippen LogP contribution >= 0.6 is 0 Å². The average Bonchev–Trinajstić information content (AvgIpc) is 2.68. The predicted octanol–water partition coefficient (Wildman–Crippen LogP) is 3.82. The summed E-state index contributed by atoms with van der Waals surface area (Å²) in [6, 6.07) is 22.2. The summed E-state index contributed by atoms with van der Waals surface area (Å²) in [6.07, 6.45) is -0.896. The van der Waals surface area contributed by atoms with E-state index in [0.717, 1.165) is 16.3 Å². The molecule has 0 saturated heterocycles. The van der Waals surface area contributed by atoms with E-state index >= 15 is 0 Å². The van der Waals surface area contributed by atoms with E-state index in [-0.39, 0.29) is 6.42 Å². The van der Waals surface area contributed by atoms with Gasteiger partial charge >= 0.3 is 5.97 Å². The van der Waals surface area contributed by atoms with Crippen LogP contribution < -0.4 is 5.32 Å². The van der Waals surface area contributed by atoms with Gasteiger partial charge in [0.15, 0.2) is 6.10 Å².